The molecule has 122 valence electrons. The van der Waals surface area contributed by atoms with Gasteiger partial charge < -0.3 is 15.3 Å². The highest BCUT2D eigenvalue weighted by molar-refractivity contribution is 9.10. The van der Waals surface area contributed by atoms with Crippen LogP contribution in [-0.4, -0.2) is 50.4 Å². The number of carbonyl (C=O) groups is 2. The molecule has 0 saturated heterocycles. The molecule has 0 aliphatic heterocycles. The molecule has 0 aromatic carbocycles. The lowest BCUT2D eigenvalue weighted by Crippen LogP contribution is -2.36. The summed E-state index contributed by atoms with van der Waals surface area (Å²) in [4.78, 5) is 28.7. The van der Waals surface area contributed by atoms with Crippen molar-refractivity contribution in [1.82, 2.24) is 19.7 Å². The highest BCUT2D eigenvalue weighted by atomic mass is 79.9. The molecule has 0 saturated carbocycles. The Morgan fingerprint density at radius 2 is 2.26 bits per heavy atom. The number of nitrogens with one attached hydrogen (secondary N) is 1. The molecular weight excluding hydrogens is 366 g/mol. The number of hydrogen-bond donors (Lipinski definition) is 2. The topological polar surface area (TPSA) is 100 Å². The number of aliphatic carboxylic acids is 1. The van der Waals surface area contributed by atoms with Crippen molar-refractivity contribution in [3.63, 3.8) is 0 Å². The molecule has 2 heterocycles. The lowest BCUT2D eigenvalue weighted by atomic mass is 10.2. The second-order valence-electron chi connectivity index (χ2n) is 5.03. The first-order valence-corrected chi connectivity index (χ1v) is 7.58. The molecule has 2 rings (SSSR count). The number of rotatable bonds is 5. The molecule has 1 atom stereocenters. The van der Waals surface area contributed by atoms with E-state index in [1.807, 2.05) is 0 Å². The number of carboxylic acid groups (broad SMARTS) is 1. The minimum absolute atomic E-state index is 0.0969. The Balaban J connectivity index is 2.17. The molecule has 8 nitrogen and oxygen atoms in total. The van der Waals surface area contributed by atoms with Crippen LogP contribution in [0.4, 0.5) is 10.5 Å². The van der Waals surface area contributed by atoms with Gasteiger partial charge in [-0.2, -0.15) is 5.10 Å². The quantitative estimate of drug-likeness (QED) is 0.826. The van der Waals surface area contributed by atoms with Crippen LogP contribution in [0.1, 0.15) is 6.92 Å². The van der Waals surface area contributed by atoms with E-state index in [-0.39, 0.29) is 6.54 Å². The summed E-state index contributed by atoms with van der Waals surface area (Å²) in [6.45, 7) is 1.64. The fourth-order valence-electron chi connectivity index (χ4n) is 1.88. The van der Waals surface area contributed by atoms with Crippen molar-refractivity contribution < 1.29 is 14.7 Å². The van der Waals surface area contributed by atoms with E-state index in [1.165, 1.54) is 16.6 Å². The first kappa shape index (κ1) is 16.9. The van der Waals surface area contributed by atoms with Gasteiger partial charge in [0.05, 0.1) is 11.6 Å². The largest absolute Gasteiger partial charge is 0.481 e. The number of urea groups is 1. The predicted octanol–water partition coefficient (Wildman–Crippen LogP) is 2.21. The van der Waals surface area contributed by atoms with Crippen molar-refractivity contribution in [3.05, 3.63) is 35.2 Å². The van der Waals surface area contributed by atoms with Crippen LogP contribution in [0, 0.1) is 5.92 Å². The Hall–Kier alpha value is -2.42. The molecule has 0 aliphatic rings. The highest BCUT2D eigenvalue weighted by Crippen LogP contribution is 2.22. The van der Waals surface area contributed by atoms with E-state index in [9.17, 15) is 9.59 Å². The average molecular weight is 382 g/mol. The molecule has 2 aromatic rings. The molecular formula is C14H16BrN5O3. The summed E-state index contributed by atoms with van der Waals surface area (Å²) < 4.78 is 2.23. The van der Waals surface area contributed by atoms with E-state index in [0.29, 0.717) is 16.0 Å². The van der Waals surface area contributed by atoms with Gasteiger partial charge in [0, 0.05) is 36.7 Å². The molecule has 23 heavy (non-hydrogen) atoms. The molecule has 2 aromatic heterocycles. The molecule has 0 bridgehead atoms. The van der Waals surface area contributed by atoms with Crippen LogP contribution < -0.4 is 5.32 Å². The Morgan fingerprint density at radius 3 is 2.87 bits per heavy atom. The summed E-state index contributed by atoms with van der Waals surface area (Å²) in [7, 11) is 1.54. The Morgan fingerprint density at radius 1 is 1.52 bits per heavy atom. The van der Waals surface area contributed by atoms with Crippen molar-refractivity contribution in [2.45, 2.75) is 6.92 Å². The number of carbonyl (C=O) groups excluding carboxylic acids is 1. The van der Waals surface area contributed by atoms with Crippen LogP contribution >= 0.6 is 15.9 Å². The van der Waals surface area contributed by atoms with Crippen molar-refractivity contribution >= 4 is 33.6 Å². The number of aromatic nitrogens is 3. The van der Waals surface area contributed by atoms with Gasteiger partial charge in [0.1, 0.15) is 0 Å². The van der Waals surface area contributed by atoms with E-state index in [1.54, 1.807) is 37.6 Å². The molecule has 0 fully saturated rings. The van der Waals surface area contributed by atoms with Crippen LogP contribution in [-0.2, 0) is 4.79 Å². The molecule has 0 spiro atoms. The lowest BCUT2D eigenvalue weighted by molar-refractivity contribution is -0.141. The number of amides is 2. The summed E-state index contributed by atoms with van der Waals surface area (Å²) in [5.41, 5.74) is 0.461. The maximum atomic E-state index is 12.3. The van der Waals surface area contributed by atoms with Crippen LogP contribution in [0.5, 0.6) is 0 Å². The fraction of sp³-hybridized carbons (Fsp3) is 0.286. The third-order valence-electron chi connectivity index (χ3n) is 3.11. The smallest absolute Gasteiger partial charge is 0.321 e. The zero-order chi connectivity index (χ0) is 17.0. The fourth-order valence-corrected chi connectivity index (χ4v) is 2.21. The number of pyridine rings is 1. The maximum Gasteiger partial charge on any atom is 0.321 e. The summed E-state index contributed by atoms with van der Waals surface area (Å²) in [6.07, 6.45) is 4.92. The summed E-state index contributed by atoms with van der Waals surface area (Å²) in [5, 5.41) is 15.7. The van der Waals surface area contributed by atoms with Crippen LogP contribution in [0.3, 0.4) is 0 Å². The zero-order valence-corrected chi connectivity index (χ0v) is 14.2. The minimum atomic E-state index is -0.953. The minimum Gasteiger partial charge on any atom is -0.481 e. The first-order chi connectivity index (χ1) is 10.9. The number of anilines is 1. The predicted molar refractivity (Wildman–Crippen MR) is 87.5 cm³/mol. The van der Waals surface area contributed by atoms with Gasteiger partial charge in [-0.3, -0.25) is 4.79 Å². The normalized spacial score (nSPS) is 11.8. The van der Waals surface area contributed by atoms with E-state index >= 15 is 0 Å². The first-order valence-electron chi connectivity index (χ1n) is 6.79. The number of hydrogen-bond acceptors (Lipinski definition) is 4. The number of halogens is 1. The van der Waals surface area contributed by atoms with Gasteiger partial charge in [-0.05, 0) is 28.1 Å². The molecule has 2 amide bonds. The van der Waals surface area contributed by atoms with Crippen LogP contribution in [0.25, 0.3) is 5.82 Å². The van der Waals surface area contributed by atoms with Gasteiger partial charge in [0.15, 0.2) is 5.82 Å². The Kier molecular flexibility index (Phi) is 5.32. The van der Waals surface area contributed by atoms with Gasteiger partial charge in [-0.25, -0.2) is 14.5 Å². The van der Waals surface area contributed by atoms with E-state index in [0.717, 1.165) is 0 Å². The summed E-state index contributed by atoms with van der Waals surface area (Å²) in [5.74, 6) is -1.14. The monoisotopic (exact) mass is 381 g/mol. The van der Waals surface area contributed by atoms with Gasteiger partial charge in [0.25, 0.3) is 0 Å². The Labute approximate surface area is 141 Å². The molecule has 2 N–H and O–H groups in total. The number of nitrogens with zero attached hydrogens (tertiary/aromatic N) is 4. The second kappa shape index (κ2) is 7.23. The zero-order valence-electron chi connectivity index (χ0n) is 12.6. The van der Waals surface area contributed by atoms with Crippen molar-refractivity contribution in [1.29, 1.82) is 0 Å². The third-order valence-corrected chi connectivity index (χ3v) is 3.55. The van der Waals surface area contributed by atoms with Gasteiger partial charge in [-0.15, -0.1) is 0 Å². The van der Waals surface area contributed by atoms with Gasteiger partial charge >= 0.3 is 12.0 Å². The standard InChI is InChI=1S/C14H16BrN5O3/c1-9(13(21)22)8-19(2)14(23)18-11-6-10(15)7-16-12(11)20-5-3-4-17-20/h3-7,9H,8H2,1-2H3,(H,18,23)(H,21,22). The summed E-state index contributed by atoms with van der Waals surface area (Å²) >= 11 is 3.31. The van der Waals surface area contributed by atoms with Gasteiger partial charge in [-0.1, -0.05) is 6.92 Å². The van der Waals surface area contributed by atoms with E-state index in [4.69, 9.17) is 5.11 Å². The molecule has 9 heteroatoms. The lowest BCUT2D eigenvalue weighted by Gasteiger charge is -2.20. The number of carboxylic acids is 1. The van der Waals surface area contributed by atoms with Crippen molar-refractivity contribution in [3.8, 4) is 5.82 Å². The highest BCUT2D eigenvalue weighted by Gasteiger charge is 2.19. The van der Waals surface area contributed by atoms with Crippen LogP contribution in [0.15, 0.2) is 35.2 Å². The van der Waals surface area contributed by atoms with Crippen molar-refractivity contribution in [2.75, 3.05) is 18.9 Å². The molecule has 0 radical (unpaired) electrons. The SMILES string of the molecule is CC(CN(C)C(=O)Nc1cc(Br)cnc1-n1cccn1)C(=O)O. The summed E-state index contributed by atoms with van der Waals surface area (Å²) in [6, 6.07) is 3.03. The van der Waals surface area contributed by atoms with Crippen molar-refractivity contribution in [2.24, 2.45) is 5.92 Å². The van der Waals surface area contributed by atoms with Gasteiger partial charge in [0.2, 0.25) is 0 Å². The third kappa shape index (κ3) is 4.28. The Bertz CT molecular complexity index is 704. The van der Waals surface area contributed by atoms with Crippen LogP contribution in [0.2, 0.25) is 0 Å². The average Bonchev–Trinajstić information content (AvgIpc) is 3.01. The van der Waals surface area contributed by atoms with E-state index < -0.39 is 17.9 Å². The second-order valence-corrected chi connectivity index (χ2v) is 5.94. The van der Waals surface area contributed by atoms with E-state index in [2.05, 4.69) is 31.3 Å². The maximum absolute atomic E-state index is 12.3. The molecule has 1 unspecified atom stereocenters. The molecule has 0 aliphatic carbocycles.